The zero-order valence-electron chi connectivity index (χ0n) is 16.4. The molecule has 2 rings (SSSR count). The van der Waals surface area contributed by atoms with Crippen molar-refractivity contribution in [3.63, 3.8) is 0 Å². The highest BCUT2D eigenvalue weighted by Crippen LogP contribution is 2.12. The molecule has 0 unspecified atom stereocenters. The molecule has 0 aromatic heterocycles. The summed E-state index contributed by atoms with van der Waals surface area (Å²) in [6, 6.07) is 14.7. The molecule has 154 valence electrons. The molecule has 2 aromatic carbocycles. The Kier molecular flexibility index (Phi) is 9.60. The molecule has 0 bridgehead atoms. The summed E-state index contributed by atoms with van der Waals surface area (Å²) in [5.41, 5.74) is 3.35. The molecule has 7 heteroatoms. The monoisotopic (exact) mass is 408 g/mol. The quantitative estimate of drug-likeness (QED) is 0.374. The van der Waals surface area contributed by atoms with Gasteiger partial charge in [-0.25, -0.2) is 0 Å². The molecule has 0 aliphatic heterocycles. The Morgan fingerprint density at radius 3 is 1.68 bits per heavy atom. The maximum absolute atomic E-state index is 12.0. The minimum Gasteiger partial charge on any atom is -0.377 e. The third-order valence-corrected chi connectivity index (χ3v) is 5.24. The SMILES string of the molecule is Cc1ccc(COCCOCCOCCOS(=O)(=O)c2ccc(C)cc2)cc1. The van der Waals surface area contributed by atoms with E-state index in [2.05, 4.69) is 19.1 Å². The van der Waals surface area contributed by atoms with Crippen LogP contribution in [0.2, 0.25) is 0 Å². The van der Waals surface area contributed by atoms with E-state index >= 15 is 0 Å². The molecule has 2 aromatic rings. The molecule has 0 atom stereocenters. The first-order chi connectivity index (χ1) is 13.5. The van der Waals surface area contributed by atoms with E-state index in [0.29, 0.717) is 33.0 Å². The first-order valence-electron chi connectivity index (χ1n) is 9.22. The number of benzene rings is 2. The minimum atomic E-state index is -3.74. The summed E-state index contributed by atoms with van der Waals surface area (Å²) in [6.07, 6.45) is 0. The van der Waals surface area contributed by atoms with Gasteiger partial charge in [0.05, 0.1) is 51.1 Å². The van der Waals surface area contributed by atoms with Crippen LogP contribution in [0, 0.1) is 13.8 Å². The largest absolute Gasteiger partial charge is 0.377 e. The van der Waals surface area contributed by atoms with Gasteiger partial charge in [0.2, 0.25) is 0 Å². The normalized spacial score (nSPS) is 11.6. The van der Waals surface area contributed by atoms with Gasteiger partial charge in [-0.3, -0.25) is 4.18 Å². The Morgan fingerprint density at radius 1 is 0.643 bits per heavy atom. The first kappa shape index (κ1) is 22.5. The van der Waals surface area contributed by atoms with Crippen LogP contribution in [0.15, 0.2) is 53.4 Å². The number of hydrogen-bond acceptors (Lipinski definition) is 6. The summed E-state index contributed by atoms with van der Waals surface area (Å²) >= 11 is 0. The van der Waals surface area contributed by atoms with Crippen LogP contribution in [0.1, 0.15) is 16.7 Å². The topological polar surface area (TPSA) is 71.1 Å². The third kappa shape index (κ3) is 8.50. The van der Waals surface area contributed by atoms with E-state index in [1.54, 1.807) is 12.1 Å². The van der Waals surface area contributed by atoms with Gasteiger partial charge in [0.25, 0.3) is 10.1 Å². The minimum absolute atomic E-state index is 0.0319. The molecular weight excluding hydrogens is 380 g/mol. The Hall–Kier alpha value is -1.77. The number of rotatable bonds is 13. The molecule has 28 heavy (non-hydrogen) atoms. The highest BCUT2D eigenvalue weighted by molar-refractivity contribution is 7.86. The fourth-order valence-corrected chi connectivity index (χ4v) is 3.18. The van der Waals surface area contributed by atoms with Gasteiger partial charge < -0.3 is 14.2 Å². The lowest BCUT2D eigenvalue weighted by Gasteiger charge is -2.08. The zero-order chi connectivity index (χ0) is 20.2. The average molecular weight is 409 g/mol. The van der Waals surface area contributed by atoms with Crippen LogP contribution in [-0.4, -0.2) is 48.1 Å². The lowest BCUT2D eigenvalue weighted by atomic mass is 10.2. The third-order valence-electron chi connectivity index (χ3n) is 3.91. The van der Waals surface area contributed by atoms with Gasteiger partial charge in [-0.15, -0.1) is 0 Å². The fraction of sp³-hybridized carbons (Fsp3) is 0.429. The number of ether oxygens (including phenoxy) is 3. The van der Waals surface area contributed by atoms with E-state index in [-0.39, 0.29) is 18.1 Å². The molecule has 0 aliphatic carbocycles. The van der Waals surface area contributed by atoms with E-state index in [0.717, 1.165) is 11.1 Å². The van der Waals surface area contributed by atoms with E-state index < -0.39 is 10.1 Å². The van der Waals surface area contributed by atoms with Gasteiger partial charge in [-0.2, -0.15) is 8.42 Å². The highest BCUT2D eigenvalue weighted by atomic mass is 32.2. The molecule has 0 saturated carbocycles. The Balaban J connectivity index is 1.45. The summed E-state index contributed by atoms with van der Waals surface area (Å²) in [4.78, 5) is 0.145. The maximum atomic E-state index is 12.0. The second kappa shape index (κ2) is 11.9. The molecule has 0 fully saturated rings. The van der Waals surface area contributed by atoms with Crippen LogP contribution in [0.5, 0.6) is 0 Å². The van der Waals surface area contributed by atoms with Crippen molar-refractivity contribution in [2.24, 2.45) is 0 Å². The van der Waals surface area contributed by atoms with Crippen LogP contribution >= 0.6 is 0 Å². The Labute approximate surface area is 167 Å². The molecule has 0 aliphatic rings. The lowest BCUT2D eigenvalue weighted by Crippen LogP contribution is -2.14. The summed E-state index contributed by atoms with van der Waals surface area (Å²) in [5.74, 6) is 0. The predicted octanol–water partition coefficient (Wildman–Crippen LogP) is 3.26. The highest BCUT2D eigenvalue weighted by Gasteiger charge is 2.14. The van der Waals surface area contributed by atoms with Crippen LogP contribution in [0.4, 0.5) is 0 Å². The Bertz CT molecular complexity index is 785. The van der Waals surface area contributed by atoms with Crippen molar-refractivity contribution >= 4 is 10.1 Å². The van der Waals surface area contributed by atoms with Gasteiger partial charge in [-0.05, 0) is 31.5 Å². The molecule has 0 N–H and O–H groups in total. The zero-order valence-corrected chi connectivity index (χ0v) is 17.2. The van der Waals surface area contributed by atoms with Crippen LogP contribution in [0.25, 0.3) is 0 Å². The second-order valence-electron chi connectivity index (χ2n) is 6.35. The molecule has 0 saturated heterocycles. The van der Waals surface area contributed by atoms with Crippen LogP contribution in [0.3, 0.4) is 0 Å². The number of aryl methyl sites for hydroxylation is 2. The smallest absolute Gasteiger partial charge is 0.297 e. The van der Waals surface area contributed by atoms with Gasteiger partial charge >= 0.3 is 0 Å². The van der Waals surface area contributed by atoms with Crippen molar-refractivity contribution in [3.05, 3.63) is 65.2 Å². The standard InChI is InChI=1S/C21H28O6S/c1-18-3-7-20(8-4-18)17-26-14-13-24-11-12-25-15-16-27-28(22,23)21-9-5-19(2)6-10-21/h3-10H,11-17H2,1-2H3. The first-order valence-corrected chi connectivity index (χ1v) is 10.6. The van der Waals surface area contributed by atoms with Crippen LogP contribution in [-0.2, 0) is 35.1 Å². The van der Waals surface area contributed by atoms with Gasteiger partial charge in [-0.1, -0.05) is 47.5 Å². The number of hydrogen-bond donors (Lipinski definition) is 0. The molecule has 0 amide bonds. The molecule has 6 nitrogen and oxygen atoms in total. The van der Waals surface area contributed by atoms with Gasteiger partial charge in [0.1, 0.15) is 0 Å². The average Bonchev–Trinajstić information content (AvgIpc) is 2.68. The van der Waals surface area contributed by atoms with E-state index in [1.807, 2.05) is 19.1 Å². The van der Waals surface area contributed by atoms with Gasteiger partial charge in [0.15, 0.2) is 0 Å². The van der Waals surface area contributed by atoms with Crippen molar-refractivity contribution in [1.82, 2.24) is 0 Å². The van der Waals surface area contributed by atoms with Gasteiger partial charge in [0, 0.05) is 0 Å². The summed E-state index contributed by atoms with van der Waals surface area (Å²) in [6.45, 7) is 6.42. The van der Waals surface area contributed by atoms with Crippen molar-refractivity contribution in [1.29, 1.82) is 0 Å². The van der Waals surface area contributed by atoms with Crippen molar-refractivity contribution in [3.8, 4) is 0 Å². The summed E-state index contributed by atoms with van der Waals surface area (Å²) in [7, 11) is -3.74. The maximum Gasteiger partial charge on any atom is 0.297 e. The molecular formula is C21H28O6S. The van der Waals surface area contributed by atoms with Crippen LogP contribution < -0.4 is 0 Å². The molecule has 0 heterocycles. The van der Waals surface area contributed by atoms with Crippen molar-refractivity contribution in [2.75, 3.05) is 39.6 Å². The molecule has 0 spiro atoms. The molecule has 0 radical (unpaired) electrons. The van der Waals surface area contributed by atoms with E-state index in [9.17, 15) is 8.42 Å². The second-order valence-corrected chi connectivity index (χ2v) is 7.97. The van der Waals surface area contributed by atoms with Crippen molar-refractivity contribution < 1.29 is 26.8 Å². The fourth-order valence-electron chi connectivity index (χ4n) is 2.29. The summed E-state index contributed by atoms with van der Waals surface area (Å²) in [5, 5.41) is 0. The van der Waals surface area contributed by atoms with E-state index in [1.165, 1.54) is 17.7 Å². The lowest BCUT2D eigenvalue weighted by molar-refractivity contribution is 0.00628. The van der Waals surface area contributed by atoms with Crippen molar-refractivity contribution in [2.45, 2.75) is 25.3 Å². The predicted molar refractivity (Wildman–Crippen MR) is 107 cm³/mol. The Morgan fingerprint density at radius 2 is 1.11 bits per heavy atom. The van der Waals surface area contributed by atoms with E-state index in [4.69, 9.17) is 18.4 Å². The summed E-state index contributed by atoms with van der Waals surface area (Å²) < 4.78 is 45.2.